The predicted octanol–water partition coefficient (Wildman–Crippen LogP) is 4.73. The Kier molecular flexibility index (Phi) is 3.35. The summed E-state index contributed by atoms with van der Waals surface area (Å²) in [6.45, 7) is 0.724. The number of fused-ring (bicyclic) bond motifs is 1. The Hall–Kier alpha value is -2.04. The van der Waals surface area contributed by atoms with Gasteiger partial charge in [0.05, 0.1) is 5.56 Å². The molecule has 2 aromatic rings. The van der Waals surface area contributed by atoms with Crippen LogP contribution in [0.2, 0.25) is 0 Å². The van der Waals surface area contributed by atoms with Crippen LogP contribution in [0.4, 0.5) is 23.2 Å². The Balaban J connectivity index is 2.00. The molecule has 0 amide bonds. The van der Waals surface area contributed by atoms with Crippen molar-refractivity contribution in [3.05, 3.63) is 64.7 Å². The molecule has 0 saturated carbocycles. The van der Waals surface area contributed by atoms with Crippen LogP contribution in [-0.4, -0.2) is 6.54 Å². The Labute approximate surface area is 119 Å². The molecule has 1 atom stereocenters. The molecule has 21 heavy (non-hydrogen) atoms. The lowest BCUT2D eigenvalue weighted by molar-refractivity contribution is -0.137. The van der Waals surface area contributed by atoms with Crippen LogP contribution in [0.15, 0.2) is 42.5 Å². The maximum Gasteiger partial charge on any atom is 0.416 e. The molecule has 0 aromatic heterocycles. The molecule has 0 spiro atoms. The summed E-state index contributed by atoms with van der Waals surface area (Å²) in [5.41, 5.74) is 1.30. The minimum Gasteiger partial charge on any atom is -0.384 e. The number of rotatable bonds is 2. The molecule has 2 aromatic carbocycles. The third-order valence-corrected chi connectivity index (χ3v) is 3.66. The molecule has 1 aliphatic heterocycles. The molecule has 0 aliphatic carbocycles. The molecule has 0 saturated heterocycles. The second-order valence-corrected chi connectivity index (χ2v) is 5.04. The zero-order valence-electron chi connectivity index (χ0n) is 11.0. The summed E-state index contributed by atoms with van der Waals surface area (Å²) in [6.07, 6.45) is -5.24. The molecular formula is C16H13F4N. The largest absolute Gasteiger partial charge is 0.416 e. The fourth-order valence-corrected chi connectivity index (χ4v) is 2.63. The molecule has 1 aliphatic rings. The Morgan fingerprint density at radius 3 is 2.57 bits per heavy atom. The van der Waals surface area contributed by atoms with Crippen LogP contribution in [0.5, 0.6) is 0 Å². The van der Waals surface area contributed by atoms with Crippen molar-refractivity contribution >= 4 is 5.69 Å². The number of para-hydroxylation sites is 1. The van der Waals surface area contributed by atoms with Gasteiger partial charge in [0.1, 0.15) is 0 Å². The average molecular weight is 295 g/mol. The molecule has 1 N–H and O–H groups in total. The van der Waals surface area contributed by atoms with Gasteiger partial charge in [-0.2, -0.15) is 13.2 Å². The first-order valence-corrected chi connectivity index (χ1v) is 6.64. The van der Waals surface area contributed by atoms with Gasteiger partial charge in [-0.05, 0) is 29.7 Å². The van der Waals surface area contributed by atoms with Crippen molar-refractivity contribution in [1.29, 1.82) is 0 Å². The van der Waals surface area contributed by atoms with Gasteiger partial charge in [0.25, 0.3) is 0 Å². The number of hydrogen-bond donors (Lipinski definition) is 1. The van der Waals surface area contributed by atoms with Gasteiger partial charge in [0.2, 0.25) is 0 Å². The topological polar surface area (TPSA) is 12.0 Å². The smallest absolute Gasteiger partial charge is 0.384 e. The Morgan fingerprint density at radius 2 is 1.81 bits per heavy atom. The molecule has 3 rings (SSSR count). The summed E-state index contributed by atoms with van der Waals surface area (Å²) >= 11 is 0. The van der Waals surface area contributed by atoms with E-state index in [0.29, 0.717) is 11.3 Å². The number of anilines is 1. The van der Waals surface area contributed by atoms with Crippen molar-refractivity contribution in [3.8, 4) is 0 Å². The van der Waals surface area contributed by atoms with E-state index in [2.05, 4.69) is 5.32 Å². The van der Waals surface area contributed by atoms with Gasteiger partial charge < -0.3 is 5.32 Å². The van der Waals surface area contributed by atoms with Gasteiger partial charge >= 0.3 is 6.18 Å². The first-order valence-electron chi connectivity index (χ1n) is 6.64. The molecule has 0 bridgehead atoms. The van der Waals surface area contributed by atoms with Crippen LogP contribution in [0.25, 0.3) is 0 Å². The fourth-order valence-electron chi connectivity index (χ4n) is 2.63. The molecule has 1 heterocycles. The number of halogens is 4. The highest BCUT2D eigenvalue weighted by Gasteiger charge is 2.31. The van der Waals surface area contributed by atoms with Gasteiger partial charge in [-0.15, -0.1) is 0 Å². The number of hydrogen-bond acceptors (Lipinski definition) is 1. The Morgan fingerprint density at radius 1 is 1.05 bits per heavy atom. The van der Waals surface area contributed by atoms with E-state index in [1.165, 1.54) is 12.1 Å². The number of alkyl halides is 4. The number of benzene rings is 2. The van der Waals surface area contributed by atoms with E-state index in [9.17, 15) is 17.6 Å². The lowest BCUT2D eigenvalue weighted by Crippen LogP contribution is -2.07. The molecule has 1 unspecified atom stereocenters. The highest BCUT2D eigenvalue weighted by Crippen LogP contribution is 2.38. The van der Waals surface area contributed by atoms with E-state index in [4.69, 9.17) is 0 Å². The summed E-state index contributed by atoms with van der Waals surface area (Å²) in [5.74, 6) is 0. The highest BCUT2D eigenvalue weighted by molar-refractivity contribution is 5.63. The fraction of sp³-hybridized carbons (Fsp3) is 0.250. The van der Waals surface area contributed by atoms with E-state index >= 15 is 0 Å². The van der Waals surface area contributed by atoms with Gasteiger partial charge in [0, 0.05) is 17.8 Å². The SMILES string of the molecule is FC(c1cccc(C(F)(F)F)c1)c1cccc2c1NCC2. The predicted molar refractivity (Wildman–Crippen MR) is 73.0 cm³/mol. The van der Waals surface area contributed by atoms with Crippen molar-refractivity contribution in [3.63, 3.8) is 0 Å². The molecule has 5 heteroatoms. The van der Waals surface area contributed by atoms with Crippen molar-refractivity contribution < 1.29 is 17.6 Å². The normalized spacial score (nSPS) is 15.4. The van der Waals surface area contributed by atoms with Gasteiger partial charge in [-0.1, -0.05) is 30.3 Å². The third-order valence-electron chi connectivity index (χ3n) is 3.66. The zero-order valence-corrected chi connectivity index (χ0v) is 11.0. The first-order chi connectivity index (χ1) is 9.97. The molecule has 0 fully saturated rings. The van der Waals surface area contributed by atoms with E-state index < -0.39 is 17.9 Å². The van der Waals surface area contributed by atoms with Gasteiger partial charge in [-0.3, -0.25) is 0 Å². The summed E-state index contributed by atoms with van der Waals surface area (Å²) in [6, 6.07) is 9.69. The summed E-state index contributed by atoms with van der Waals surface area (Å²) in [7, 11) is 0. The first kappa shape index (κ1) is 13.9. The van der Waals surface area contributed by atoms with Crippen LogP contribution in [0, 0.1) is 0 Å². The van der Waals surface area contributed by atoms with E-state index in [1.807, 2.05) is 6.07 Å². The minimum absolute atomic E-state index is 0.0203. The van der Waals surface area contributed by atoms with E-state index in [1.54, 1.807) is 12.1 Å². The Bertz CT molecular complexity index is 664. The second kappa shape index (κ2) is 5.06. The van der Waals surface area contributed by atoms with Crippen LogP contribution in [0.3, 0.4) is 0 Å². The van der Waals surface area contributed by atoms with Crippen molar-refractivity contribution in [2.24, 2.45) is 0 Å². The standard InChI is InChI=1S/C16H13F4N/c17-14(11-4-1-5-12(9-11)16(18,19)20)13-6-2-3-10-7-8-21-15(10)13/h1-6,9,14,21H,7-8H2. The van der Waals surface area contributed by atoms with Crippen molar-refractivity contribution in [1.82, 2.24) is 0 Å². The maximum absolute atomic E-state index is 14.7. The van der Waals surface area contributed by atoms with Crippen molar-refractivity contribution in [2.75, 3.05) is 11.9 Å². The summed E-state index contributed by atoms with van der Waals surface area (Å²) in [4.78, 5) is 0. The van der Waals surface area contributed by atoms with Gasteiger partial charge in [-0.25, -0.2) is 4.39 Å². The average Bonchev–Trinajstić information content (AvgIpc) is 2.94. The lowest BCUT2D eigenvalue weighted by Gasteiger charge is -2.15. The number of nitrogens with one attached hydrogen (secondary N) is 1. The van der Waals surface area contributed by atoms with Crippen LogP contribution in [-0.2, 0) is 12.6 Å². The molecule has 1 nitrogen and oxygen atoms in total. The minimum atomic E-state index is -4.47. The summed E-state index contributed by atoms with van der Waals surface area (Å²) < 4.78 is 52.8. The lowest BCUT2D eigenvalue weighted by atomic mass is 9.97. The zero-order chi connectivity index (χ0) is 15.0. The van der Waals surface area contributed by atoms with Crippen LogP contribution in [0.1, 0.15) is 28.4 Å². The monoisotopic (exact) mass is 295 g/mol. The maximum atomic E-state index is 14.7. The molecule has 110 valence electrons. The van der Waals surface area contributed by atoms with Crippen LogP contribution >= 0.6 is 0 Å². The van der Waals surface area contributed by atoms with Gasteiger partial charge in [0.15, 0.2) is 6.17 Å². The van der Waals surface area contributed by atoms with Crippen molar-refractivity contribution in [2.45, 2.75) is 18.8 Å². The van der Waals surface area contributed by atoms with E-state index in [-0.39, 0.29) is 5.56 Å². The third kappa shape index (κ3) is 2.60. The molecule has 0 radical (unpaired) electrons. The highest BCUT2D eigenvalue weighted by atomic mass is 19.4. The molecular weight excluding hydrogens is 282 g/mol. The van der Waals surface area contributed by atoms with E-state index in [0.717, 1.165) is 30.7 Å². The quantitative estimate of drug-likeness (QED) is 0.790. The van der Waals surface area contributed by atoms with Crippen LogP contribution < -0.4 is 5.32 Å². The summed E-state index contributed by atoms with van der Waals surface area (Å²) in [5, 5.41) is 3.10. The second-order valence-electron chi connectivity index (χ2n) is 5.04.